The van der Waals surface area contributed by atoms with Gasteiger partial charge in [0.05, 0.1) is 23.4 Å². The van der Waals surface area contributed by atoms with Crippen LogP contribution in [-0.2, 0) is 23.9 Å². The fourth-order valence-corrected chi connectivity index (χ4v) is 3.61. The van der Waals surface area contributed by atoms with Crippen molar-refractivity contribution < 1.29 is 17.9 Å². The highest BCUT2D eigenvalue weighted by atomic mass is 35.5. The second-order valence-electron chi connectivity index (χ2n) is 7.20. The fraction of sp³-hybridized carbons (Fsp3) is 0.208. The number of aromatic nitrogens is 3. The average Bonchev–Trinajstić information content (AvgIpc) is 2.78. The van der Waals surface area contributed by atoms with Crippen molar-refractivity contribution in [1.29, 1.82) is 0 Å². The van der Waals surface area contributed by atoms with Crippen LogP contribution in [0, 0.1) is 0 Å². The second-order valence-corrected chi connectivity index (χ2v) is 7.56. The van der Waals surface area contributed by atoms with E-state index in [2.05, 4.69) is 15.0 Å². The van der Waals surface area contributed by atoms with E-state index in [-0.39, 0.29) is 10.8 Å². The zero-order valence-corrected chi connectivity index (χ0v) is 17.7. The van der Waals surface area contributed by atoms with Crippen molar-refractivity contribution in [3.63, 3.8) is 0 Å². The Morgan fingerprint density at radius 2 is 1.75 bits per heavy atom. The van der Waals surface area contributed by atoms with Gasteiger partial charge in [0.1, 0.15) is 11.0 Å². The molecule has 32 heavy (non-hydrogen) atoms. The van der Waals surface area contributed by atoms with Crippen LogP contribution < -0.4 is 0 Å². The molecule has 0 aliphatic rings. The molecule has 8 heteroatoms. The predicted octanol–water partition coefficient (Wildman–Crippen LogP) is 6.51. The van der Waals surface area contributed by atoms with Gasteiger partial charge in [0.25, 0.3) is 0 Å². The number of ether oxygens (including phenoxy) is 1. The number of hydrogen-bond acceptors (Lipinski definition) is 4. The number of alkyl halides is 3. The molecule has 0 atom stereocenters. The molecule has 0 N–H and O–H groups in total. The van der Waals surface area contributed by atoms with E-state index >= 15 is 0 Å². The van der Waals surface area contributed by atoms with Crippen LogP contribution in [0.1, 0.15) is 23.4 Å². The Morgan fingerprint density at radius 1 is 0.938 bits per heavy atom. The highest BCUT2D eigenvalue weighted by molar-refractivity contribution is 6.34. The van der Waals surface area contributed by atoms with E-state index in [0.717, 1.165) is 11.6 Å². The molecule has 2 aromatic carbocycles. The number of pyridine rings is 1. The number of benzene rings is 2. The van der Waals surface area contributed by atoms with Crippen LogP contribution in [0.5, 0.6) is 0 Å². The number of fused-ring (bicyclic) bond motifs is 1. The second kappa shape index (κ2) is 9.63. The van der Waals surface area contributed by atoms with Gasteiger partial charge in [-0.25, -0.2) is 9.97 Å². The molecule has 0 amide bonds. The third-order valence-electron chi connectivity index (χ3n) is 4.88. The molecule has 0 radical (unpaired) electrons. The third kappa shape index (κ3) is 5.23. The van der Waals surface area contributed by atoms with E-state index in [1.54, 1.807) is 18.2 Å². The summed E-state index contributed by atoms with van der Waals surface area (Å²) in [7, 11) is 0. The van der Waals surface area contributed by atoms with E-state index < -0.39 is 11.7 Å². The maximum Gasteiger partial charge on any atom is 0.418 e. The molecule has 0 saturated heterocycles. The normalized spacial score (nSPS) is 11.8. The standard InChI is InChI=1S/C24H19ClF3N3O/c25-23-18-11-10-17(22-19(24(26,27)28)8-4-12-29-22)14-20(18)30-21(31-23)9-5-13-32-15-16-6-2-1-3-7-16/h1-4,6-8,10-12,14H,5,9,13,15H2. The smallest absolute Gasteiger partial charge is 0.377 e. The van der Waals surface area contributed by atoms with Crippen molar-refractivity contribution in [3.8, 4) is 11.3 Å². The lowest BCUT2D eigenvalue weighted by Gasteiger charge is -2.12. The lowest BCUT2D eigenvalue weighted by Crippen LogP contribution is -2.08. The number of aryl methyl sites for hydroxylation is 1. The number of halogens is 4. The van der Waals surface area contributed by atoms with E-state index in [4.69, 9.17) is 16.3 Å². The van der Waals surface area contributed by atoms with Crippen molar-refractivity contribution >= 4 is 22.5 Å². The van der Waals surface area contributed by atoms with Gasteiger partial charge in [0, 0.05) is 30.2 Å². The zero-order chi connectivity index (χ0) is 22.6. The van der Waals surface area contributed by atoms with Gasteiger partial charge in [-0.1, -0.05) is 48.0 Å². The minimum Gasteiger partial charge on any atom is -0.377 e. The first-order valence-electron chi connectivity index (χ1n) is 10.0. The summed E-state index contributed by atoms with van der Waals surface area (Å²) in [6.07, 6.45) is -1.95. The molecule has 164 valence electrons. The first-order chi connectivity index (χ1) is 15.4. The summed E-state index contributed by atoms with van der Waals surface area (Å²) >= 11 is 6.31. The number of rotatable bonds is 7. The molecule has 0 unspecified atom stereocenters. The quantitative estimate of drug-likeness (QED) is 0.234. The zero-order valence-electron chi connectivity index (χ0n) is 16.9. The lowest BCUT2D eigenvalue weighted by atomic mass is 10.0. The monoisotopic (exact) mass is 457 g/mol. The Hall–Kier alpha value is -3.03. The third-order valence-corrected chi connectivity index (χ3v) is 5.17. The molecule has 4 rings (SSSR count). The van der Waals surface area contributed by atoms with E-state index in [9.17, 15) is 13.2 Å². The van der Waals surface area contributed by atoms with Crippen molar-refractivity contribution in [3.05, 3.63) is 89.0 Å². The highest BCUT2D eigenvalue weighted by Gasteiger charge is 2.34. The highest BCUT2D eigenvalue weighted by Crippen LogP contribution is 2.36. The first-order valence-corrected chi connectivity index (χ1v) is 10.4. The Labute approximate surface area is 188 Å². The molecular formula is C24H19ClF3N3O. The molecule has 0 aliphatic carbocycles. The molecule has 4 aromatic rings. The minimum absolute atomic E-state index is 0.146. The van der Waals surface area contributed by atoms with Crippen LogP contribution in [0.4, 0.5) is 13.2 Å². The summed E-state index contributed by atoms with van der Waals surface area (Å²) in [6, 6.07) is 16.9. The molecule has 0 spiro atoms. The molecule has 4 nitrogen and oxygen atoms in total. The average molecular weight is 458 g/mol. The maximum atomic E-state index is 13.4. The molecule has 0 fully saturated rings. The van der Waals surface area contributed by atoms with Gasteiger partial charge in [-0.3, -0.25) is 4.98 Å². The first kappa shape index (κ1) is 22.2. The predicted molar refractivity (Wildman–Crippen MR) is 117 cm³/mol. The number of nitrogens with zero attached hydrogens (tertiary/aromatic N) is 3. The van der Waals surface area contributed by atoms with E-state index in [1.807, 2.05) is 30.3 Å². The maximum absolute atomic E-state index is 13.4. The van der Waals surface area contributed by atoms with Gasteiger partial charge in [-0.2, -0.15) is 13.2 Å². The van der Waals surface area contributed by atoms with E-state index in [0.29, 0.717) is 48.3 Å². The summed E-state index contributed by atoms with van der Waals surface area (Å²) in [6.45, 7) is 1.05. The molecule has 2 aromatic heterocycles. The van der Waals surface area contributed by atoms with Crippen LogP contribution in [-0.4, -0.2) is 21.6 Å². The van der Waals surface area contributed by atoms with Crippen LogP contribution in [0.25, 0.3) is 22.2 Å². The van der Waals surface area contributed by atoms with Crippen molar-refractivity contribution in [2.24, 2.45) is 0 Å². The summed E-state index contributed by atoms with van der Waals surface area (Å²) in [4.78, 5) is 12.8. The van der Waals surface area contributed by atoms with Crippen molar-refractivity contribution in [2.45, 2.75) is 25.6 Å². The van der Waals surface area contributed by atoms with Crippen LogP contribution in [0.3, 0.4) is 0 Å². The summed E-state index contributed by atoms with van der Waals surface area (Å²) < 4.78 is 45.8. The molecule has 0 bridgehead atoms. The Kier molecular flexibility index (Phi) is 6.67. The van der Waals surface area contributed by atoms with Crippen molar-refractivity contribution in [1.82, 2.24) is 15.0 Å². The van der Waals surface area contributed by atoms with Gasteiger partial charge >= 0.3 is 6.18 Å². The molecule has 0 aliphatic heterocycles. The lowest BCUT2D eigenvalue weighted by molar-refractivity contribution is -0.137. The Morgan fingerprint density at radius 3 is 2.53 bits per heavy atom. The Bertz CT molecular complexity index is 1220. The SMILES string of the molecule is FC(F)(F)c1cccnc1-c1ccc2c(Cl)nc(CCCOCc3ccccc3)nc2c1. The largest absolute Gasteiger partial charge is 0.418 e. The number of hydrogen-bond donors (Lipinski definition) is 0. The van der Waals surface area contributed by atoms with Crippen LogP contribution in [0.2, 0.25) is 5.15 Å². The van der Waals surface area contributed by atoms with Gasteiger partial charge in [0.2, 0.25) is 0 Å². The summed E-state index contributed by atoms with van der Waals surface area (Å²) in [5, 5.41) is 0.836. The van der Waals surface area contributed by atoms with E-state index in [1.165, 1.54) is 12.3 Å². The Balaban J connectivity index is 1.50. The minimum atomic E-state index is -4.51. The molecular weight excluding hydrogens is 439 g/mol. The summed E-state index contributed by atoms with van der Waals surface area (Å²) in [5.74, 6) is 0.514. The molecule has 2 heterocycles. The van der Waals surface area contributed by atoms with Crippen LogP contribution >= 0.6 is 11.6 Å². The van der Waals surface area contributed by atoms with Gasteiger partial charge in [0.15, 0.2) is 0 Å². The van der Waals surface area contributed by atoms with Gasteiger partial charge < -0.3 is 4.74 Å². The van der Waals surface area contributed by atoms with Gasteiger partial charge in [-0.15, -0.1) is 0 Å². The topological polar surface area (TPSA) is 47.9 Å². The van der Waals surface area contributed by atoms with Gasteiger partial charge in [-0.05, 0) is 36.2 Å². The van der Waals surface area contributed by atoms with Crippen molar-refractivity contribution in [2.75, 3.05) is 6.61 Å². The summed E-state index contributed by atoms with van der Waals surface area (Å²) in [5.41, 5.74) is 0.944. The van der Waals surface area contributed by atoms with Crippen LogP contribution in [0.15, 0.2) is 66.9 Å². The molecule has 0 saturated carbocycles. The fourth-order valence-electron chi connectivity index (χ4n) is 3.36.